The van der Waals surface area contributed by atoms with Gasteiger partial charge in [-0.25, -0.2) is 4.98 Å². The molecule has 0 bridgehead atoms. The van der Waals surface area contributed by atoms with E-state index in [1.165, 1.54) is 41.7 Å². The first kappa shape index (κ1) is 21.3. The second kappa shape index (κ2) is 9.13. The molecule has 0 aromatic carbocycles. The van der Waals surface area contributed by atoms with Crippen molar-refractivity contribution in [1.82, 2.24) is 25.0 Å². The summed E-state index contributed by atoms with van der Waals surface area (Å²) >= 11 is 3.13. The fraction of sp³-hybridized carbons (Fsp3) is 0.455. The van der Waals surface area contributed by atoms with Gasteiger partial charge in [-0.05, 0) is 30.9 Å². The Balaban J connectivity index is 1.32. The fourth-order valence-corrected chi connectivity index (χ4v) is 5.62. The normalized spacial score (nSPS) is 16.0. The standard InChI is InChI=1S/C22H26N6O2S2/c1-14(29)25-19-5-4-16(32-19)12-27-8-6-18-17(13-27)21(26-28(18)11-15-2-3-15)22(30)24-10-20-23-7-9-31-20/h4-5,7,9,15H,2-3,6,8,10-13H2,1H3,(H,24,30)(H,25,29). The predicted molar refractivity (Wildman–Crippen MR) is 125 cm³/mol. The molecule has 2 aliphatic rings. The van der Waals surface area contributed by atoms with Gasteiger partial charge >= 0.3 is 0 Å². The zero-order valence-corrected chi connectivity index (χ0v) is 19.6. The Morgan fingerprint density at radius 3 is 2.91 bits per heavy atom. The van der Waals surface area contributed by atoms with Crippen molar-refractivity contribution >= 4 is 39.5 Å². The van der Waals surface area contributed by atoms with E-state index in [9.17, 15) is 9.59 Å². The van der Waals surface area contributed by atoms with Crippen LogP contribution in [0.15, 0.2) is 23.7 Å². The van der Waals surface area contributed by atoms with Gasteiger partial charge in [0.1, 0.15) is 5.01 Å². The Morgan fingerprint density at radius 1 is 1.28 bits per heavy atom. The van der Waals surface area contributed by atoms with Crippen molar-refractivity contribution in [3.8, 4) is 0 Å². The molecule has 0 atom stereocenters. The Morgan fingerprint density at radius 2 is 2.16 bits per heavy atom. The number of anilines is 1. The van der Waals surface area contributed by atoms with E-state index in [0.29, 0.717) is 24.7 Å². The fourth-order valence-electron chi connectivity index (χ4n) is 4.06. The molecule has 32 heavy (non-hydrogen) atoms. The summed E-state index contributed by atoms with van der Waals surface area (Å²) < 4.78 is 2.09. The second-order valence-electron chi connectivity index (χ2n) is 8.42. The average Bonchev–Trinajstić information content (AvgIpc) is 3.13. The van der Waals surface area contributed by atoms with E-state index in [1.807, 2.05) is 11.4 Å². The zero-order valence-electron chi connectivity index (χ0n) is 18.0. The van der Waals surface area contributed by atoms with E-state index in [0.717, 1.165) is 41.6 Å². The summed E-state index contributed by atoms with van der Waals surface area (Å²) in [6, 6.07) is 4.01. The maximum Gasteiger partial charge on any atom is 0.272 e. The van der Waals surface area contributed by atoms with Crippen LogP contribution in [0.3, 0.4) is 0 Å². The van der Waals surface area contributed by atoms with Crippen molar-refractivity contribution in [3.63, 3.8) is 0 Å². The van der Waals surface area contributed by atoms with Gasteiger partial charge in [0.15, 0.2) is 5.69 Å². The van der Waals surface area contributed by atoms with Crippen molar-refractivity contribution in [2.24, 2.45) is 5.92 Å². The monoisotopic (exact) mass is 470 g/mol. The molecule has 2 N–H and O–H groups in total. The van der Waals surface area contributed by atoms with Crippen molar-refractivity contribution < 1.29 is 9.59 Å². The molecule has 0 radical (unpaired) electrons. The molecule has 5 rings (SSSR count). The van der Waals surface area contributed by atoms with Gasteiger partial charge in [0.2, 0.25) is 5.91 Å². The van der Waals surface area contributed by atoms with Crippen molar-refractivity contribution in [1.29, 1.82) is 0 Å². The quantitative estimate of drug-likeness (QED) is 0.527. The van der Waals surface area contributed by atoms with Crippen molar-refractivity contribution in [3.05, 3.63) is 50.5 Å². The number of carbonyl (C=O) groups is 2. The van der Waals surface area contributed by atoms with Gasteiger partial charge in [0.05, 0.1) is 11.5 Å². The van der Waals surface area contributed by atoms with Crippen LogP contribution in [0.25, 0.3) is 0 Å². The smallest absolute Gasteiger partial charge is 0.272 e. The number of thiophene rings is 1. The first-order valence-electron chi connectivity index (χ1n) is 10.9. The topological polar surface area (TPSA) is 92.2 Å². The molecule has 0 spiro atoms. The van der Waals surface area contributed by atoms with Crippen LogP contribution in [0, 0.1) is 5.92 Å². The van der Waals surface area contributed by atoms with Crippen LogP contribution < -0.4 is 10.6 Å². The van der Waals surface area contributed by atoms with Crippen LogP contribution >= 0.6 is 22.7 Å². The van der Waals surface area contributed by atoms with Crippen LogP contribution in [0.2, 0.25) is 0 Å². The van der Waals surface area contributed by atoms with E-state index >= 15 is 0 Å². The summed E-state index contributed by atoms with van der Waals surface area (Å²) in [5, 5.41) is 14.3. The molecule has 8 nitrogen and oxygen atoms in total. The number of nitrogens with one attached hydrogen (secondary N) is 2. The molecule has 1 aliphatic carbocycles. The van der Waals surface area contributed by atoms with Gasteiger partial charge in [-0.3, -0.25) is 19.2 Å². The predicted octanol–water partition coefficient (Wildman–Crippen LogP) is 3.26. The van der Waals surface area contributed by atoms with Gasteiger partial charge in [-0.15, -0.1) is 22.7 Å². The number of nitrogens with zero attached hydrogens (tertiary/aromatic N) is 4. The number of rotatable bonds is 8. The SMILES string of the molecule is CC(=O)Nc1ccc(CN2CCc3c(c(C(=O)NCc4nccs4)nn3CC3CC3)C2)s1. The van der Waals surface area contributed by atoms with Gasteiger partial charge in [-0.2, -0.15) is 5.10 Å². The summed E-state index contributed by atoms with van der Waals surface area (Å²) in [6.07, 6.45) is 5.14. The van der Waals surface area contributed by atoms with Crippen LogP contribution in [0.4, 0.5) is 5.00 Å². The minimum absolute atomic E-state index is 0.0579. The van der Waals surface area contributed by atoms with Crippen molar-refractivity contribution in [2.45, 2.75) is 52.4 Å². The largest absolute Gasteiger partial charge is 0.344 e. The molecule has 4 heterocycles. The lowest BCUT2D eigenvalue weighted by Gasteiger charge is -2.27. The van der Waals surface area contributed by atoms with Gasteiger partial charge in [0.25, 0.3) is 5.91 Å². The van der Waals surface area contributed by atoms with E-state index in [2.05, 4.69) is 31.3 Å². The molecular weight excluding hydrogens is 444 g/mol. The van der Waals surface area contributed by atoms with Gasteiger partial charge < -0.3 is 10.6 Å². The lowest BCUT2D eigenvalue weighted by Crippen LogP contribution is -2.32. The van der Waals surface area contributed by atoms with Gasteiger partial charge in [0, 0.05) is 67.2 Å². The summed E-state index contributed by atoms with van der Waals surface area (Å²) in [4.78, 5) is 32.1. The van der Waals surface area contributed by atoms with Crippen LogP contribution in [0.5, 0.6) is 0 Å². The van der Waals surface area contributed by atoms with E-state index in [-0.39, 0.29) is 11.8 Å². The van der Waals surface area contributed by atoms with E-state index in [1.54, 1.807) is 17.5 Å². The summed E-state index contributed by atoms with van der Waals surface area (Å²) in [6.45, 7) is 5.27. The number of hydrogen-bond acceptors (Lipinski definition) is 7. The molecule has 168 valence electrons. The molecule has 3 aromatic rings. The zero-order chi connectivity index (χ0) is 22.1. The average molecular weight is 471 g/mol. The first-order valence-corrected chi connectivity index (χ1v) is 12.6. The molecule has 1 saturated carbocycles. The first-order chi connectivity index (χ1) is 15.5. The minimum Gasteiger partial charge on any atom is -0.344 e. The van der Waals surface area contributed by atoms with Gasteiger partial charge in [-0.1, -0.05) is 0 Å². The summed E-state index contributed by atoms with van der Waals surface area (Å²) in [5.41, 5.74) is 2.80. The highest BCUT2D eigenvalue weighted by molar-refractivity contribution is 7.16. The maximum atomic E-state index is 13.0. The summed E-state index contributed by atoms with van der Waals surface area (Å²) in [7, 11) is 0. The number of carbonyl (C=O) groups excluding carboxylic acids is 2. The van der Waals surface area contributed by atoms with Crippen LogP contribution in [-0.2, 0) is 37.4 Å². The summed E-state index contributed by atoms with van der Waals surface area (Å²) in [5.74, 6) is 0.510. The Kier molecular flexibility index (Phi) is 6.07. The lowest BCUT2D eigenvalue weighted by molar-refractivity contribution is -0.114. The highest BCUT2D eigenvalue weighted by atomic mass is 32.1. The third-order valence-electron chi connectivity index (χ3n) is 5.78. The number of fused-ring (bicyclic) bond motifs is 1. The third kappa shape index (κ3) is 4.92. The third-order valence-corrected chi connectivity index (χ3v) is 7.55. The Bertz CT molecular complexity index is 1120. The Hall–Kier alpha value is -2.56. The highest BCUT2D eigenvalue weighted by Gasteiger charge is 2.31. The molecule has 3 aromatic heterocycles. The van der Waals surface area contributed by atoms with E-state index in [4.69, 9.17) is 5.10 Å². The maximum absolute atomic E-state index is 13.0. The molecule has 1 fully saturated rings. The molecule has 10 heteroatoms. The van der Waals surface area contributed by atoms with Crippen LogP contribution in [0.1, 0.15) is 51.4 Å². The molecule has 2 amide bonds. The molecular formula is C22H26N6O2S2. The number of amides is 2. The van der Waals surface area contributed by atoms with Crippen molar-refractivity contribution in [2.75, 3.05) is 11.9 Å². The second-order valence-corrected chi connectivity index (χ2v) is 10.6. The molecule has 1 aliphatic heterocycles. The molecule has 0 unspecified atom stereocenters. The highest BCUT2D eigenvalue weighted by Crippen LogP contribution is 2.33. The van der Waals surface area contributed by atoms with E-state index < -0.39 is 0 Å². The number of aromatic nitrogens is 3. The Labute approximate surface area is 194 Å². The minimum atomic E-state index is -0.128. The molecule has 0 saturated heterocycles. The number of hydrogen-bond donors (Lipinski definition) is 2. The lowest BCUT2D eigenvalue weighted by atomic mass is 10.0. The van der Waals surface area contributed by atoms with Crippen LogP contribution in [-0.4, -0.2) is 38.0 Å². The number of thiazole rings is 1.